The lowest BCUT2D eigenvalue weighted by Crippen LogP contribution is -2.49. The number of hydroxylamine groups is 1. The zero-order chi connectivity index (χ0) is 46.8. The molecule has 0 aliphatic carbocycles. The Morgan fingerprint density at radius 2 is 1.74 bits per heavy atom. The van der Waals surface area contributed by atoms with Crippen LogP contribution in [0.5, 0.6) is 0 Å². The molecular weight excluding hydrogens is 979 g/mol. The van der Waals surface area contributed by atoms with E-state index < -0.39 is 59.1 Å². The number of nitrogens with zero attached hydrogens (tertiary/aromatic N) is 3. The summed E-state index contributed by atoms with van der Waals surface area (Å²) in [6, 6.07) is 13.5. The second kappa shape index (κ2) is 22.7. The van der Waals surface area contributed by atoms with Crippen molar-refractivity contribution in [3.63, 3.8) is 0 Å². The summed E-state index contributed by atoms with van der Waals surface area (Å²) in [6.07, 6.45) is 1.54. The van der Waals surface area contributed by atoms with E-state index in [1.165, 1.54) is 28.4 Å². The number of unbranched alkanes of at least 4 members (excludes halogenated alkanes) is 3. The molecule has 6 rings (SSSR count). The summed E-state index contributed by atoms with van der Waals surface area (Å²) in [5.74, 6) is -5.81. The van der Waals surface area contributed by atoms with Crippen molar-refractivity contribution in [1.82, 2.24) is 31.2 Å². The quantitative estimate of drug-likeness (QED) is 0.0289. The van der Waals surface area contributed by atoms with Gasteiger partial charge in [-0.15, -0.1) is 11.3 Å². The number of anilines is 2. The average Bonchev–Trinajstić information content (AvgIpc) is 4.01. The lowest BCUT2D eigenvalue weighted by atomic mass is 9.91. The number of halogens is 4. The van der Waals surface area contributed by atoms with Gasteiger partial charge in [-0.2, -0.15) is 0 Å². The van der Waals surface area contributed by atoms with Crippen LogP contribution in [0.4, 0.5) is 24.5 Å². The van der Waals surface area contributed by atoms with Gasteiger partial charge in [-0.3, -0.25) is 24.0 Å². The summed E-state index contributed by atoms with van der Waals surface area (Å²) in [7, 11) is 0. The zero-order valence-corrected chi connectivity index (χ0v) is 39.2. The number of hydrogen-bond donors (Lipinski definition) is 5. The van der Waals surface area contributed by atoms with E-state index in [0.717, 1.165) is 28.3 Å². The highest BCUT2D eigenvalue weighted by Gasteiger charge is 2.43. The molecule has 5 aromatic rings. The molecular formula is C46H51F3IN7O7S. The molecule has 0 bridgehead atoms. The maximum atomic E-state index is 14.8. The number of rotatable bonds is 20. The molecule has 3 heterocycles. The van der Waals surface area contributed by atoms with Gasteiger partial charge in [0.25, 0.3) is 5.91 Å². The van der Waals surface area contributed by atoms with Gasteiger partial charge in [0.1, 0.15) is 23.5 Å². The van der Waals surface area contributed by atoms with Crippen molar-refractivity contribution in [3.05, 3.63) is 115 Å². The number of carbonyl (C=O) groups excluding carboxylic acids is 4. The van der Waals surface area contributed by atoms with Crippen LogP contribution in [0, 0.1) is 40.8 Å². The van der Waals surface area contributed by atoms with Crippen molar-refractivity contribution in [3.8, 4) is 10.4 Å². The van der Waals surface area contributed by atoms with Gasteiger partial charge in [-0.05, 0) is 96.7 Å². The normalized spacial score (nSPS) is 15.8. The minimum atomic E-state index is -1.35. The summed E-state index contributed by atoms with van der Waals surface area (Å²) >= 11 is 3.42. The number of aromatic nitrogens is 2. The molecule has 346 valence electrons. The molecule has 0 radical (unpaired) electrons. The number of benzene rings is 3. The highest BCUT2D eigenvalue weighted by molar-refractivity contribution is 14.1. The van der Waals surface area contributed by atoms with Crippen LogP contribution in [-0.2, 0) is 19.2 Å². The van der Waals surface area contributed by atoms with Crippen molar-refractivity contribution in [2.24, 2.45) is 5.92 Å². The topological polar surface area (TPSA) is 188 Å². The molecule has 0 spiro atoms. The first-order valence-corrected chi connectivity index (χ1v) is 23.2. The van der Waals surface area contributed by atoms with Crippen molar-refractivity contribution in [2.75, 3.05) is 25.0 Å². The molecule has 1 aliphatic rings. The van der Waals surface area contributed by atoms with Crippen molar-refractivity contribution in [1.29, 1.82) is 0 Å². The van der Waals surface area contributed by atoms with E-state index in [-0.39, 0.29) is 55.0 Å². The monoisotopic (exact) mass is 1030 g/mol. The zero-order valence-electron chi connectivity index (χ0n) is 36.3. The third-order valence-electron chi connectivity index (χ3n) is 11.0. The van der Waals surface area contributed by atoms with Crippen LogP contribution in [-0.4, -0.2) is 75.6 Å². The second-order valence-electron chi connectivity index (χ2n) is 16.2. The van der Waals surface area contributed by atoms with E-state index in [1.807, 2.05) is 67.6 Å². The van der Waals surface area contributed by atoms with Gasteiger partial charge in [-0.1, -0.05) is 56.1 Å². The third-order valence-corrected chi connectivity index (χ3v) is 12.6. The second-order valence-corrected chi connectivity index (χ2v) is 18.3. The number of amides is 4. The Bertz CT molecular complexity index is 2470. The van der Waals surface area contributed by atoms with Crippen LogP contribution in [0.25, 0.3) is 10.4 Å². The third kappa shape index (κ3) is 12.7. The van der Waals surface area contributed by atoms with Crippen LogP contribution < -0.4 is 21.4 Å². The van der Waals surface area contributed by atoms with E-state index in [0.29, 0.717) is 52.8 Å². The number of carbonyl (C=O) groups is 4. The first-order valence-electron chi connectivity index (χ1n) is 21.2. The highest BCUT2D eigenvalue weighted by atomic mass is 127. The number of β-amino-alcohol motifs (C(OH)–C–C–N with tert-alkyl or cyclic N) is 1. The van der Waals surface area contributed by atoms with Crippen molar-refractivity contribution < 1.29 is 46.8 Å². The Morgan fingerprint density at radius 1 is 0.985 bits per heavy atom. The molecule has 14 nitrogen and oxygen atoms in total. The molecule has 5 N–H and O–H groups in total. The van der Waals surface area contributed by atoms with Gasteiger partial charge in [0.15, 0.2) is 11.6 Å². The Hall–Kier alpha value is -5.38. The molecule has 19 heteroatoms. The largest absolute Gasteiger partial charge is 0.391 e. The molecule has 1 saturated heterocycles. The number of nitrogens with one attached hydrogen (secondary N) is 4. The fourth-order valence-electron chi connectivity index (χ4n) is 7.61. The van der Waals surface area contributed by atoms with Crippen LogP contribution in [0.2, 0.25) is 0 Å². The standard InChI is InChI=1S/C46H51F3IN7O7S/c1-25(2)40(38-19-26(3)55-64-38)46(62)57-23-31(58)21-37(57)45(61)54-36(28-9-11-29(12-10-28)43-27(4)52-24-65-43)22-39(59)51-17-7-5-6-8-18-63-56-44(60)32-14-15-33(47)41(49)42(32)53-35-16-13-30(50)20-34(35)48/h9-16,19-20,24-25,31,36-37,40,53,58H,5-8,17-18,21-23H2,1-4H3,(H,51,59)(H,54,61)(H,56,60)/t31-,36+,37+,40-/m1/s1. The van der Waals surface area contributed by atoms with E-state index in [4.69, 9.17) is 9.36 Å². The van der Waals surface area contributed by atoms with Crippen LogP contribution in [0.3, 0.4) is 0 Å². The molecule has 0 unspecified atom stereocenters. The fourth-order valence-corrected chi connectivity index (χ4v) is 8.88. The highest BCUT2D eigenvalue weighted by Crippen LogP contribution is 2.33. The van der Waals surface area contributed by atoms with Gasteiger partial charge in [-0.25, -0.2) is 23.6 Å². The maximum absolute atomic E-state index is 14.8. The lowest BCUT2D eigenvalue weighted by molar-refractivity contribution is -0.141. The summed E-state index contributed by atoms with van der Waals surface area (Å²) in [5.41, 5.74) is 6.15. The van der Waals surface area contributed by atoms with Gasteiger partial charge in [0.05, 0.1) is 63.9 Å². The van der Waals surface area contributed by atoms with Crippen LogP contribution in [0.15, 0.2) is 70.7 Å². The van der Waals surface area contributed by atoms with Crippen molar-refractivity contribution in [2.45, 2.75) is 90.3 Å². The van der Waals surface area contributed by atoms with Gasteiger partial charge < -0.3 is 30.5 Å². The minimum Gasteiger partial charge on any atom is -0.391 e. The van der Waals surface area contributed by atoms with Crippen LogP contribution in [0.1, 0.15) is 97.4 Å². The van der Waals surface area contributed by atoms with E-state index in [9.17, 15) is 37.5 Å². The molecule has 65 heavy (non-hydrogen) atoms. The van der Waals surface area contributed by atoms with Gasteiger partial charge >= 0.3 is 0 Å². The van der Waals surface area contributed by atoms with E-state index >= 15 is 0 Å². The Morgan fingerprint density at radius 3 is 2.42 bits per heavy atom. The number of aliphatic hydroxyl groups is 1. The predicted octanol–water partition coefficient (Wildman–Crippen LogP) is 8.17. The number of aliphatic hydroxyl groups excluding tert-OH is 1. The molecule has 0 saturated carbocycles. The maximum Gasteiger partial charge on any atom is 0.277 e. The SMILES string of the molecule is Cc1cc([C@H](C(=O)N2C[C@H](O)C[C@H]2C(=O)N[C@@H](CC(=O)NCCCCCCONC(=O)c2ccc(F)c(F)c2Nc2ccc(I)cc2F)c2ccc(-c3scnc3C)cc2)C(C)C)on1. The molecule has 4 amide bonds. The summed E-state index contributed by atoms with van der Waals surface area (Å²) in [6.45, 7) is 7.86. The number of aryl methyl sites for hydroxylation is 2. The summed E-state index contributed by atoms with van der Waals surface area (Å²) < 4.78 is 49.4. The number of hydrogen-bond acceptors (Lipinski definition) is 11. The van der Waals surface area contributed by atoms with Crippen molar-refractivity contribution >= 4 is 68.9 Å². The molecule has 2 aromatic heterocycles. The summed E-state index contributed by atoms with van der Waals surface area (Å²) in [5, 5.41) is 23.1. The molecule has 1 fully saturated rings. The Balaban J connectivity index is 1.00. The lowest BCUT2D eigenvalue weighted by Gasteiger charge is -2.30. The fraction of sp³-hybridized carbons (Fsp3) is 0.391. The Labute approximate surface area is 392 Å². The van der Waals surface area contributed by atoms with Gasteiger partial charge in [0.2, 0.25) is 17.7 Å². The van der Waals surface area contributed by atoms with E-state index in [2.05, 4.69) is 31.6 Å². The van der Waals surface area contributed by atoms with E-state index in [1.54, 1.807) is 24.6 Å². The average molecular weight is 1030 g/mol. The molecule has 4 atom stereocenters. The predicted molar refractivity (Wildman–Crippen MR) is 246 cm³/mol. The molecule has 3 aromatic carbocycles. The first kappa shape index (κ1) is 49.1. The van der Waals surface area contributed by atoms with Crippen LogP contribution >= 0.6 is 33.9 Å². The smallest absolute Gasteiger partial charge is 0.277 e. The van der Waals surface area contributed by atoms with Gasteiger partial charge in [0, 0.05) is 29.1 Å². The summed E-state index contributed by atoms with van der Waals surface area (Å²) in [4.78, 5) is 66.4. The Kier molecular flexibility index (Phi) is 17.1. The molecule has 1 aliphatic heterocycles. The first-order chi connectivity index (χ1) is 31.1. The number of likely N-dealkylation sites (tertiary alicyclic amines) is 1. The minimum absolute atomic E-state index is 0.0288. The number of thiazole rings is 1.